The Balaban J connectivity index is 1.45. The predicted molar refractivity (Wildman–Crippen MR) is 78.4 cm³/mol. The van der Waals surface area contributed by atoms with Crippen molar-refractivity contribution in [1.29, 1.82) is 0 Å². The first kappa shape index (κ1) is 14.3. The SMILES string of the molecule is CC1OCCC1CNC(=O)C1CCC2CCCCC2N1. The molecule has 2 saturated heterocycles. The van der Waals surface area contributed by atoms with E-state index in [1.807, 2.05) is 0 Å². The van der Waals surface area contributed by atoms with Crippen LogP contribution >= 0.6 is 0 Å². The van der Waals surface area contributed by atoms with Crippen LogP contribution in [0.15, 0.2) is 0 Å². The Bertz CT molecular complexity index is 347. The maximum absolute atomic E-state index is 12.3. The molecule has 0 aromatic rings. The molecule has 3 fully saturated rings. The van der Waals surface area contributed by atoms with E-state index in [1.54, 1.807) is 0 Å². The van der Waals surface area contributed by atoms with Crippen LogP contribution in [0.3, 0.4) is 0 Å². The van der Waals surface area contributed by atoms with E-state index < -0.39 is 0 Å². The van der Waals surface area contributed by atoms with Crippen molar-refractivity contribution < 1.29 is 9.53 Å². The Labute approximate surface area is 122 Å². The Morgan fingerprint density at radius 3 is 2.85 bits per heavy atom. The fourth-order valence-electron chi connectivity index (χ4n) is 4.10. The smallest absolute Gasteiger partial charge is 0.237 e. The lowest BCUT2D eigenvalue weighted by molar-refractivity contribution is -0.124. The van der Waals surface area contributed by atoms with E-state index in [-0.39, 0.29) is 18.1 Å². The van der Waals surface area contributed by atoms with Gasteiger partial charge in [-0.05, 0) is 44.9 Å². The third-order valence-corrected chi connectivity index (χ3v) is 5.54. The summed E-state index contributed by atoms with van der Waals surface area (Å²) in [6.45, 7) is 3.72. The van der Waals surface area contributed by atoms with Crippen LogP contribution in [0.1, 0.15) is 51.9 Å². The number of nitrogens with one attached hydrogen (secondary N) is 2. The van der Waals surface area contributed by atoms with Gasteiger partial charge < -0.3 is 15.4 Å². The molecule has 0 bridgehead atoms. The minimum atomic E-state index is 0.0342. The van der Waals surface area contributed by atoms with Crippen molar-refractivity contribution in [3.8, 4) is 0 Å². The molecule has 1 saturated carbocycles. The molecule has 3 rings (SSSR count). The number of piperidine rings is 1. The minimum Gasteiger partial charge on any atom is -0.378 e. The molecule has 2 aliphatic heterocycles. The maximum Gasteiger partial charge on any atom is 0.237 e. The van der Waals surface area contributed by atoms with Crippen molar-refractivity contribution >= 4 is 5.91 Å². The molecule has 0 radical (unpaired) electrons. The summed E-state index contributed by atoms with van der Waals surface area (Å²) in [5.74, 6) is 1.51. The van der Waals surface area contributed by atoms with Crippen LogP contribution in [0, 0.1) is 11.8 Å². The lowest BCUT2D eigenvalue weighted by Gasteiger charge is -2.40. The Kier molecular flexibility index (Phi) is 4.61. The first-order valence-electron chi connectivity index (χ1n) is 8.39. The van der Waals surface area contributed by atoms with Crippen LogP contribution in [0.25, 0.3) is 0 Å². The highest BCUT2D eigenvalue weighted by molar-refractivity contribution is 5.81. The fourth-order valence-corrected chi connectivity index (χ4v) is 4.10. The predicted octanol–water partition coefficient (Wildman–Crippen LogP) is 1.84. The van der Waals surface area contributed by atoms with E-state index >= 15 is 0 Å². The number of ether oxygens (including phenoxy) is 1. The van der Waals surface area contributed by atoms with E-state index in [2.05, 4.69) is 17.6 Å². The third kappa shape index (κ3) is 3.17. The maximum atomic E-state index is 12.3. The number of fused-ring (bicyclic) bond motifs is 1. The average Bonchev–Trinajstić information content (AvgIpc) is 2.89. The third-order valence-electron chi connectivity index (χ3n) is 5.54. The van der Waals surface area contributed by atoms with E-state index in [9.17, 15) is 4.79 Å². The molecule has 0 aromatic carbocycles. The lowest BCUT2D eigenvalue weighted by atomic mass is 9.77. The van der Waals surface area contributed by atoms with Gasteiger partial charge in [-0.1, -0.05) is 12.8 Å². The molecule has 4 heteroatoms. The van der Waals surface area contributed by atoms with Crippen molar-refractivity contribution in [3.63, 3.8) is 0 Å². The standard InChI is InChI=1S/C16H28N2O2/c1-11-13(8-9-20-11)10-17-16(19)15-7-6-12-4-2-3-5-14(12)18-15/h11-15,18H,2-10H2,1H3,(H,17,19). The zero-order chi connectivity index (χ0) is 13.9. The van der Waals surface area contributed by atoms with Gasteiger partial charge in [0.1, 0.15) is 0 Å². The Morgan fingerprint density at radius 2 is 2.05 bits per heavy atom. The van der Waals surface area contributed by atoms with E-state index in [0.29, 0.717) is 12.0 Å². The van der Waals surface area contributed by atoms with Crippen LogP contribution in [0.4, 0.5) is 0 Å². The van der Waals surface area contributed by atoms with Gasteiger partial charge in [-0.3, -0.25) is 4.79 Å². The van der Waals surface area contributed by atoms with Crippen LogP contribution < -0.4 is 10.6 Å². The summed E-state index contributed by atoms with van der Waals surface area (Å²) >= 11 is 0. The lowest BCUT2D eigenvalue weighted by Crippen LogP contribution is -2.55. The summed E-state index contributed by atoms with van der Waals surface area (Å²) < 4.78 is 5.55. The molecule has 1 aliphatic carbocycles. The molecule has 114 valence electrons. The Hall–Kier alpha value is -0.610. The van der Waals surface area contributed by atoms with Gasteiger partial charge in [0.05, 0.1) is 12.1 Å². The molecule has 3 aliphatic rings. The summed E-state index contributed by atoms with van der Waals surface area (Å²) in [7, 11) is 0. The normalized spacial score (nSPS) is 41.1. The molecule has 20 heavy (non-hydrogen) atoms. The highest BCUT2D eigenvalue weighted by Crippen LogP contribution is 2.32. The zero-order valence-corrected chi connectivity index (χ0v) is 12.6. The number of rotatable bonds is 3. The quantitative estimate of drug-likeness (QED) is 0.829. The van der Waals surface area contributed by atoms with Gasteiger partial charge in [0.2, 0.25) is 5.91 Å². The van der Waals surface area contributed by atoms with Gasteiger partial charge in [-0.15, -0.1) is 0 Å². The van der Waals surface area contributed by atoms with Crippen LogP contribution in [-0.2, 0) is 9.53 Å². The number of carbonyl (C=O) groups excluding carboxylic acids is 1. The van der Waals surface area contributed by atoms with Crippen LogP contribution in [-0.4, -0.2) is 37.2 Å². The van der Waals surface area contributed by atoms with E-state index in [0.717, 1.165) is 31.9 Å². The van der Waals surface area contributed by atoms with Crippen molar-refractivity contribution in [3.05, 3.63) is 0 Å². The molecular formula is C16H28N2O2. The van der Waals surface area contributed by atoms with Gasteiger partial charge in [0.15, 0.2) is 0 Å². The second-order valence-electron chi connectivity index (χ2n) is 6.82. The monoisotopic (exact) mass is 280 g/mol. The topological polar surface area (TPSA) is 50.4 Å². The van der Waals surface area contributed by atoms with Gasteiger partial charge in [0.25, 0.3) is 0 Å². The molecule has 2 N–H and O–H groups in total. The summed E-state index contributed by atoms with van der Waals surface area (Å²) in [6, 6.07) is 0.619. The second-order valence-corrected chi connectivity index (χ2v) is 6.82. The molecule has 5 atom stereocenters. The van der Waals surface area contributed by atoms with Gasteiger partial charge >= 0.3 is 0 Å². The largest absolute Gasteiger partial charge is 0.378 e. The molecular weight excluding hydrogens is 252 g/mol. The fraction of sp³-hybridized carbons (Fsp3) is 0.938. The highest BCUT2D eigenvalue weighted by Gasteiger charge is 2.34. The molecule has 4 nitrogen and oxygen atoms in total. The van der Waals surface area contributed by atoms with Crippen molar-refractivity contribution in [2.75, 3.05) is 13.2 Å². The first-order chi connectivity index (χ1) is 9.74. The summed E-state index contributed by atoms with van der Waals surface area (Å²) in [5, 5.41) is 6.74. The molecule has 0 spiro atoms. The van der Waals surface area contributed by atoms with Gasteiger partial charge in [-0.25, -0.2) is 0 Å². The summed E-state index contributed by atoms with van der Waals surface area (Å²) in [6.07, 6.45) is 8.88. The van der Waals surface area contributed by atoms with Crippen LogP contribution in [0.2, 0.25) is 0 Å². The second kappa shape index (κ2) is 6.44. The number of amides is 1. The molecule has 1 amide bonds. The molecule has 0 aromatic heterocycles. The molecule has 2 heterocycles. The summed E-state index contributed by atoms with van der Waals surface area (Å²) in [5.41, 5.74) is 0. The zero-order valence-electron chi connectivity index (χ0n) is 12.6. The van der Waals surface area contributed by atoms with Crippen LogP contribution in [0.5, 0.6) is 0 Å². The van der Waals surface area contributed by atoms with E-state index in [1.165, 1.54) is 32.1 Å². The molecule has 5 unspecified atom stereocenters. The number of hydrogen-bond acceptors (Lipinski definition) is 3. The average molecular weight is 280 g/mol. The van der Waals surface area contributed by atoms with Crippen molar-refractivity contribution in [2.45, 2.75) is 70.1 Å². The number of hydrogen-bond donors (Lipinski definition) is 2. The first-order valence-corrected chi connectivity index (χ1v) is 8.39. The van der Waals surface area contributed by atoms with Gasteiger partial charge in [0, 0.05) is 25.1 Å². The Morgan fingerprint density at radius 1 is 1.20 bits per heavy atom. The summed E-state index contributed by atoms with van der Waals surface area (Å²) in [4.78, 5) is 12.3. The van der Waals surface area contributed by atoms with E-state index in [4.69, 9.17) is 4.74 Å². The van der Waals surface area contributed by atoms with Crippen molar-refractivity contribution in [1.82, 2.24) is 10.6 Å². The minimum absolute atomic E-state index is 0.0342. The van der Waals surface area contributed by atoms with Gasteiger partial charge in [-0.2, -0.15) is 0 Å². The number of carbonyl (C=O) groups is 1. The highest BCUT2D eigenvalue weighted by atomic mass is 16.5. The van der Waals surface area contributed by atoms with Crippen molar-refractivity contribution in [2.24, 2.45) is 11.8 Å².